The van der Waals surface area contributed by atoms with Crippen molar-refractivity contribution in [3.63, 3.8) is 0 Å². The number of hydrogen-bond acceptors (Lipinski definition) is 6. The van der Waals surface area contributed by atoms with E-state index in [2.05, 4.69) is 10.6 Å². The summed E-state index contributed by atoms with van der Waals surface area (Å²) in [5, 5.41) is 17.5. The normalized spacial score (nSPS) is 17.6. The van der Waals surface area contributed by atoms with Crippen LogP contribution < -0.4 is 15.4 Å². The van der Waals surface area contributed by atoms with Gasteiger partial charge in [-0.3, -0.25) is 4.79 Å². The highest BCUT2D eigenvalue weighted by Crippen LogP contribution is 2.31. The molecule has 0 radical (unpaired) electrons. The molecule has 1 heterocycles. The zero-order chi connectivity index (χ0) is 32.3. The van der Waals surface area contributed by atoms with Gasteiger partial charge in [-0.05, 0) is 55.6 Å². The van der Waals surface area contributed by atoms with E-state index in [1.54, 1.807) is 48.2 Å². The number of likely N-dealkylation sites (N-methyl/N-ethyl adjacent to an activating group) is 1. The first-order chi connectivity index (χ1) is 21.5. The van der Waals surface area contributed by atoms with Gasteiger partial charge in [-0.25, -0.2) is 13.2 Å². The van der Waals surface area contributed by atoms with Crippen molar-refractivity contribution in [1.82, 2.24) is 9.21 Å². The van der Waals surface area contributed by atoms with Crippen LogP contribution in [0.5, 0.6) is 5.75 Å². The van der Waals surface area contributed by atoms with Crippen LogP contribution >= 0.6 is 0 Å². The molecule has 5 rings (SSSR count). The summed E-state index contributed by atoms with van der Waals surface area (Å²) in [5.74, 6) is -0.389. The minimum atomic E-state index is -3.80. The number of rotatable bonds is 8. The molecule has 4 aromatic rings. The van der Waals surface area contributed by atoms with Crippen molar-refractivity contribution in [3.8, 4) is 5.75 Å². The van der Waals surface area contributed by atoms with Crippen LogP contribution in [0.1, 0.15) is 29.8 Å². The molecule has 3 atom stereocenters. The molecular weight excluding hydrogens is 592 g/mol. The van der Waals surface area contributed by atoms with Crippen molar-refractivity contribution in [3.05, 3.63) is 96.1 Å². The standard InChI is InChI=1S/C34H38N4O6S/c1-22-12-15-27(16-13-22)45(42,43)37(4)20-32-23(2)19-38(24(3)21-39)33(40)29-18-26(14-17-31(29)44-32)35-34(41)36-30-11-7-9-25-8-5-6-10-28(25)30/h5-18,23-24,32,39H,19-21H2,1-4H3,(H2,35,36,41)/t23-,24+,32-/m1/s1. The molecule has 3 N–H and O–H groups in total. The number of aryl methyl sites for hydroxylation is 1. The fraction of sp³-hybridized carbons (Fsp3) is 0.294. The van der Waals surface area contributed by atoms with Gasteiger partial charge >= 0.3 is 6.03 Å². The number of anilines is 2. The smallest absolute Gasteiger partial charge is 0.323 e. The van der Waals surface area contributed by atoms with Crippen LogP contribution in [0.4, 0.5) is 16.2 Å². The van der Waals surface area contributed by atoms with Gasteiger partial charge in [0.25, 0.3) is 5.91 Å². The van der Waals surface area contributed by atoms with Crippen LogP contribution in [-0.2, 0) is 10.0 Å². The van der Waals surface area contributed by atoms with Gasteiger partial charge in [-0.15, -0.1) is 0 Å². The number of aliphatic hydroxyl groups excluding tert-OH is 1. The highest BCUT2D eigenvalue weighted by molar-refractivity contribution is 7.89. The van der Waals surface area contributed by atoms with Crippen LogP contribution in [0.3, 0.4) is 0 Å². The molecule has 0 bridgehead atoms. The van der Waals surface area contributed by atoms with E-state index in [1.807, 2.05) is 56.3 Å². The Hall–Kier alpha value is -4.45. The van der Waals surface area contributed by atoms with E-state index >= 15 is 0 Å². The van der Waals surface area contributed by atoms with Crippen LogP contribution in [0.15, 0.2) is 89.8 Å². The molecule has 0 aliphatic carbocycles. The predicted octanol–water partition coefficient (Wildman–Crippen LogP) is 5.33. The number of urea groups is 1. The van der Waals surface area contributed by atoms with Crippen molar-refractivity contribution >= 4 is 44.1 Å². The summed E-state index contributed by atoms with van der Waals surface area (Å²) in [5.41, 5.74) is 2.15. The maximum absolute atomic E-state index is 13.8. The molecule has 3 amide bonds. The Kier molecular flexibility index (Phi) is 9.42. The van der Waals surface area contributed by atoms with Gasteiger partial charge in [-0.1, -0.05) is 61.0 Å². The molecule has 4 aromatic carbocycles. The zero-order valence-corrected chi connectivity index (χ0v) is 26.5. The first-order valence-electron chi connectivity index (χ1n) is 14.8. The van der Waals surface area contributed by atoms with Gasteiger partial charge in [-0.2, -0.15) is 4.31 Å². The number of fused-ring (bicyclic) bond motifs is 2. The molecule has 0 aromatic heterocycles. The summed E-state index contributed by atoms with van der Waals surface area (Å²) in [4.78, 5) is 28.6. The van der Waals surface area contributed by atoms with E-state index in [9.17, 15) is 23.1 Å². The van der Waals surface area contributed by atoms with Crippen molar-refractivity contribution < 1.29 is 27.9 Å². The Labute approximate surface area is 263 Å². The van der Waals surface area contributed by atoms with E-state index in [1.165, 1.54) is 17.4 Å². The number of aliphatic hydroxyl groups is 1. The first-order valence-corrected chi connectivity index (χ1v) is 16.2. The number of hydrogen-bond donors (Lipinski definition) is 3. The molecule has 0 saturated heterocycles. The molecule has 0 unspecified atom stereocenters. The number of carbonyl (C=O) groups excluding carboxylic acids is 2. The lowest BCUT2D eigenvalue weighted by Gasteiger charge is -2.38. The maximum Gasteiger partial charge on any atom is 0.323 e. The third-order valence-electron chi connectivity index (χ3n) is 8.13. The minimum Gasteiger partial charge on any atom is -0.488 e. The SMILES string of the molecule is Cc1ccc(S(=O)(=O)N(C)C[C@H]2Oc3ccc(NC(=O)Nc4cccc5ccccc45)cc3C(=O)N([C@@H](C)CO)C[C@H]2C)cc1. The highest BCUT2D eigenvalue weighted by atomic mass is 32.2. The maximum atomic E-state index is 13.8. The molecule has 1 aliphatic rings. The molecule has 0 fully saturated rings. The molecule has 10 nitrogen and oxygen atoms in total. The zero-order valence-electron chi connectivity index (χ0n) is 25.7. The number of nitrogens with one attached hydrogen (secondary N) is 2. The molecule has 11 heteroatoms. The summed E-state index contributed by atoms with van der Waals surface area (Å²) < 4.78 is 34.4. The molecule has 0 spiro atoms. The molecule has 0 saturated carbocycles. The van der Waals surface area contributed by atoms with E-state index in [-0.39, 0.29) is 47.7 Å². The lowest BCUT2D eigenvalue weighted by Crippen LogP contribution is -2.50. The van der Waals surface area contributed by atoms with Crippen molar-refractivity contribution in [1.29, 1.82) is 0 Å². The van der Waals surface area contributed by atoms with Gasteiger partial charge in [0.2, 0.25) is 10.0 Å². The van der Waals surface area contributed by atoms with E-state index < -0.39 is 28.2 Å². The first kappa shape index (κ1) is 32.0. The lowest BCUT2D eigenvalue weighted by molar-refractivity contribution is 0.0387. The van der Waals surface area contributed by atoms with E-state index in [0.29, 0.717) is 11.4 Å². The second kappa shape index (κ2) is 13.3. The van der Waals surface area contributed by atoms with Gasteiger partial charge in [0.15, 0.2) is 0 Å². The molecule has 1 aliphatic heterocycles. The van der Waals surface area contributed by atoms with E-state index in [0.717, 1.165) is 16.3 Å². The third kappa shape index (κ3) is 6.95. The summed E-state index contributed by atoms with van der Waals surface area (Å²) >= 11 is 0. The predicted molar refractivity (Wildman–Crippen MR) is 175 cm³/mol. The molecule has 45 heavy (non-hydrogen) atoms. The number of carbonyl (C=O) groups is 2. The van der Waals surface area contributed by atoms with Gasteiger partial charge < -0.3 is 25.4 Å². The Morgan fingerprint density at radius 1 is 1.04 bits per heavy atom. The average molecular weight is 631 g/mol. The molecule has 236 valence electrons. The average Bonchev–Trinajstić information content (AvgIpc) is 3.03. The van der Waals surface area contributed by atoms with Crippen molar-refractivity contribution in [2.75, 3.05) is 37.4 Å². The second-order valence-electron chi connectivity index (χ2n) is 11.5. The topological polar surface area (TPSA) is 128 Å². The number of ether oxygens (including phenoxy) is 1. The number of benzene rings is 4. The largest absolute Gasteiger partial charge is 0.488 e. The fourth-order valence-corrected chi connectivity index (χ4v) is 6.56. The summed E-state index contributed by atoms with van der Waals surface area (Å²) in [6.45, 7) is 5.52. The monoisotopic (exact) mass is 630 g/mol. The van der Waals surface area contributed by atoms with Crippen LogP contribution in [0.2, 0.25) is 0 Å². The highest BCUT2D eigenvalue weighted by Gasteiger charge is 2.35. The number of amides is 3. The van der Waals surface area contributed by atoms with Crippen LogP contribution in [-0.4, -0.2) is 73.6 Å². The number of sulfonamides is 1. The molecular formula is C34H38N4O6S. The lowest BCUT2D eigenvalue weighted by atomic mass is 9.99. The third-order valence-corrected chi connectivity index (χ3v) is 9.96. The van der Waals surface area contributed by atoms with Crippen molar-refractivity contribution in [2.24, 2.45) is 5.92 Å². The van der Waals surface area contributed by atoms with Gasteiger partial charge in [0.05, 0.1) is 35.3 Å². The Morgan fingerprint density at radius 3 is 2.49 bits per heavy atom. The summed E-state index contributed by atoms with van der Waals surface area (Å²) in [7, 11) is -2.30. The van der Waals surface area contributed by atoms with E-state index in [4.69, 9.17) is 4.74 Å². The summed E-state index contributed by atoms with van der Waals surface area (Å²) in [6.07, 6.45) is -0.621. The Morgan fingerprint density at radius 2 is 1.76 bits per heavy atom. The Balaban J connectivity index is 1.41. The van der Waals surface area contributed by atoms with Crippen molar-refractivity contribution in [2.45, 2.75) is 37.8 Å². The van der Waals surface area contributed by atoms with Gasteiger partial charge in [0, 0.05) is 30.6 Å². The summed E-state index contributed by atoms with van der Waals surface area (Å²) in [6, 6.07) is 23.8. The number of nitrogens with zero attached hydrogens (tertiary/aromatic N) is 2. The fourth-order valence-electron chi connectivity index (χ4n) is 5.38. The van der Waals surface area contributed by atoms with Crippen LogP contribution in [0.25, 0.3) is 10.8 Å². The van der Waals surface area contributed by atoms with Gasteiger partial charge in [0.1, 0.15) is 11.9 Å². The second-order valence-corrected chi connectivity index (χ2v) is 13.6. The Bertz CT molecular complexity index is 1810. The van der Waals surface area contributed by atoms with Crippen LogP contribution in [0, 0.1) is 12.8 Å². The minimum absolute atomic E-state index is 0.0276. The quantitative estimate of drug-likeness (QED) is 0.241.